The molecule has 0 unspecified atom stereocenters. The van der Waals surface area contributed by atoms with E-state index in [9.17, 15) is 9.50 Å². The Balaban J connectivity index is 1.65. The van der Waals surface area contributed by atoms with Crippen molar-refractivity contribution in [2.24, 2.45) is 7.05 Å². The van der Waals surface area contributed by atoms with Gasteiger partial charge in [-0.25, -0.2) is 9.07 Å². The molecule has 37 heavy (non-hydrogen) atoms. The predicted octanol–water partition coefficient (Wildman–Crippen LogP) is 5.18. The largest absolute Gasteiger partial charge is 0.439 e. The first kappa shape index (κ1) is 27.3. The van der Waals surface area contributed by atoms with Crippen molar-refractivity contribution in [3.05, 3.63) is 66.0 Å². The molecule has 200 valence electrons. The van der Waals surface area contributed by atoms with Gasteiger partial charge in [-0.1, -0.05) is 36.4 Å². The molecule has 1 saturated heterocycles. The van der Waals surface area contributed by atoms with Gasteiger partial charge < -0.3 is 19.3 Å². The highest BCUT2D eigenvalue weighted by Crippen LogP contribution is 2.34. The van der Waals surface area contributed by atoms with Gasteiger partial charge >= 0.3 is 0 Å². The third-order valence-corrected chi connectivity index (χ3v) is 6.19. The van der Waals surface area contributed by atoms with Crippen LogP contribution in [-0.4, -0.2) is 63.9 Å². The zero-order valence-electron chi connectivity index (χ0n) is 22.2. The van der Waals surface area contributed by atoms with Crippen LogP contribution in [0.1, 0.15) is 39.2 Å². The molecule has 4 rings (SSSR count). The molecule has 2 heterocycles. The van der Waals surface area contributed by atoms with E-state index < -0.39 is 6.10 Å². The smallest absolute Gasteiger partial charge is 0.222 e. The second-order valence-electron chi connectivity index (χ2n) is 10.6. The molecule has 8 heteroatoms. The highest BCUT2D eigenvalue weighted by atomic mass is 19.1. The number of hydrogen-bond donors (Lipinski definition) is 1. The Bertz CT molecular complexity index is 1140. The fourth-order valence-electron chi connectivity index (χ4n) is 4.49. The van der Waals surface area contributed by atoms with Gasteiger partial charge in [0.25, 0.3) is 0 Å². The first-order chi connectivity index (χ1) is 17.7. The van der Waals surface area contributed by atoms with Crippen LogP contribution in [0.25, 0.3) is 11.3 Å². The topological polar surface area (TPSA) is 69.0 Å². The number of aliphatic hydroxyl groups is 1. The van der Waals surface area contributed by atoms with Crippen molar-refractivity contribution in [3.8, 4) is 22.9 Å². The number of hydrogen-bond acceptors (Lipinski definition) is 6. The van der Waals surface area contributed by atoms with Crippen molar-refractivity contribution in [3.63, 3.8) is 0 Å². The number of aliphatic hydroxyl groups excluding tert-OH is 1. The summed E-state index contributed by atoms with van der Waals surface area (Å²) in [5.41, 5.74) is 2.26. The molecule has 0 aliphatic carbocycles. The van der Waals surface area contributed by atoms with Crippen molar-refractivity contribution in [2.75, 3.05) is 26.3 Å². The minimum absolute atomic E-state index is 0.0974. The van der Waals surface area contributed by atoms with E-state index in [1.54, 1.807) is 16.8 Å². The highest BCUT2D eigenvalue weighted by molar-refractivity contribution is 5.65. The number of rotatable bonds is 11. The van der Waals surface area contributed by atoms with Gasteiger partial charge in [0.2, 0.25) is 5.88 Å². The van der Waals surface area contributed by atoms with E-state index in [2.05, 4.69) is 4.90 Å². The minimum atomic E-state index is -0.676. The maximum absolute atomic E-state index is 13.9. The molecule has 0 radical (unpaired) electrons. The van der Waals surface area contributed by atoms with Gasteiger partial charge in [0.1, 0.15) is 17.3 Å². The molecule has 0 amide bonds. The van der Waals surface area contributed by atoms with E-state index in [1.165, 1.54) is 12.1 Å². The number of nitrogens with zero attached hydrogens (tertiary/aromatic N) is 3. The molecule has 7 nitrogen and oxygen atoms in total. The summed E-state index contributed by atoms with van der Waals surface area (Å²) in [4.78, 5) is 2.18. The molecule has 3 aromatic rings. The van der Waals surface area contributed by atoms with Gasteiger partial charge in [-0.2, -0.15) is 5.10 Å². The second-order valence-corrected chi connectivity index (χ2v) is 10.6. The average molecular weight is 512 g/mol. The van der Waals surface area contributed by atoms with E-state index in [4.69, 9.17) is 19.3 Å². The number of aryl methyl sites for hydroxylation is 1. The van der Waals surface area contributed by atoms with Crippen LogP contribution in [0.5, 0.6) is 11.6 Å². The molecule has 0 spiro atoms. The Morgan fingerprint density at radius 1 is 1.19 bits per heavy atom. The van der Waals surface area contributed by atoms with Crippen LogP contribution in [-0.2, 0) is 23.1 Å². The molecule has 0 bridgehead atoms. The lowest BCUT2D eigenvalue weighted by molar-refractivity contribution is -0.0594. The quantitative estimate of drug-likeness (QED) is 0.383. The molecule has 1 N–H and O–H groups in total. The SMILES string of the molecule is Cn1nc(-c2ccccc2)c(CN(C[C@@H](O)COC(C)(C)C)C[C@@H]2CCCO2)c1Oc1cccc(F)c1. The number of halogens is 1. The van der Waals surface area contributed by atoms with Crippen LogP contribution in [0.3, 0.4) is 0 Å². The Morgan fingerprint density at radius 2 is 1.97 bits per heavy atom. The molecular weight excluding hydrogens is 473 g/mol. The number of benzene rings is 2. The molecule has 0 saturated carbocycles. The number of aromatic nitrogens is 2. The fraction of sp³-hybridized carbons (Fsp3) is 0.483. The van der Waals surface area contributed by atoms with Gasteiger partial charge in [-0.05, 0) is 45.7 Å². The van der Waals surface area contributed by atoms with Crippen LogP contribution in [0, 0.1) is 5.82 Å². The van der Waals surface area contributed by atoms with Crippen LogP contribution < -0.4 is 4.74 Å². The summed E-state index contributed by atoms with van der Waals surface area (Å²) in [6.45, 7) is 8.44. The van der Waals surface area contributed by atoms with Crippen LogP contribution in [0.4, 0.5) is 4.39 Å². The minimum Gasteiger partial charge on any atom is -0.439 e. The van der Waals surface area contributed by atoms with E-state index in [-0.39, 0.29) is 24.1 Å². The second kappa shape index (κ2) is 12.2. The summed E-state index contributed by atoms with van der Waals surface area (Å²) in [6, 6.07) is 16.0. The fourth-order valence-corrected chi connectivity index (χ4v) is 4.49. The monoisotopic (exact) mass is 511 g/mol. The first-order valence-electron chi connectivity index (χ1n) is 12.9. The Kier molecular flexibility index (Phi) is 8.97. The number of ether oxygens (including phenoxy) is 3. The van der Waals surface area contributed by atoms with Gasteiger partial charge in [0.05, 0.1) is 30.0 Å². The van der Waals surface area contributed by atoms with Gasteiger partial charge in [-0.3, -0.25) is 4.90 Å². The van der Waals surface area contributed by atoms with Gasteiger partial charge in [0.15, 0.2) is 0 Å². The van der Waals surface area contributed by atoms with Gasteiger partial charge in [0, 0.05) is 44.9 Å². The lowest BCUT2D eigenvalue weighted by Crippen LogP contribution is -2.40. The normalized spacial score (nSPS) is 16.9. The maximum atomic E-state index is 13.9. The zero-order chi connectivity index (χ0) is 26.4. The zero-order valence-corrected chi connectivity index (χ0v) is 22.2. The Hall–Kier alpha value is -2.78. The maximum Gasteiger partial charge on any atom is 0.222 e. The summed E-state index contributed by atoms with van der Waals surface area (Å²) < 4.78 is 33.6. The Labute approximate surface area is 218 Å². The van der Waals surface area contributed by atoms with Gasteiger partial charge in [-0.15, -0.1) is 0 Å². The third-order valence-electron chi connectivity index (χ3n) is 6.19. The van der Waals surface area contributed by atoms with Crippen LogP contribution in [0.15, 0.2) is 54.6 Å². The summed E-state index contributed by atoms with van der Waals surface area (Å²) >= 11 is 0. The van der Waals surface area contributed by atoms with E-state index >= 15 is 0 Å². The molecule has 1 aliphatic rings. The summed E-state index contributed by atoms with van der Waals surface area (Å²) in [7, 11) is 1.82. The average Bonchev–Trinajstić information content (AvgIpc) is 3.46. The highest BCUT2D eigenvalue weighted by Gasteiger charge is 2.27. The standard InChI is InChI=1S/C29H38FN3O4/c1-29(2,3)36-20-23(34)17-33(18-25-14-9-15-35-25)19-26-27(21-10-6-5-7-11-21)31-32(4)28(26)37-24-13-8-12-22(30)16-24/h5-8,10-13,16,23,25,34H,9,14-15,17-20H2,1-4H3/t23-,25+/m1/s1. The Morgan fingerprint density at radius 3 is 2.65 bits per heavy atom. The van der Waals surface area contributed by atoms with E-state index in [1.807, 2.05) is 58.2 Å². The molecule has 2 aromatic carbocycles. The summed E-state index contributed by atoms with van der Waals surface area (Å²) in [5, 5.41) is 15.6. The van der Waals surface area contributed by atoms with Crippen molar-refractivity contribution in [1.29, 1.82) is 0 Å². The lowest BCUT2D eigenvalue weighted by atomic mass is 10.1. The molecule has 1 aliphatic heterocycles. The van der Waals surface area contributed by atoms with Crippen LogP contribution >= 0.6 is 0 Å². The first-order valence-corrected chi connectivity index (χ1v) is 12.9. The van der Waals surface area contributed by atoms with Crippen molar-refractivity contribution in [1.82, 2.24) is 14.7 Å². The third kappa shape index (κ3) is 7.85. The van der Waals surface area contributed by atoms with E-state index in [0.29, 0.717) is 31.3 Å². The molecule has 1 fully saturated rings. The molecule has 1 aromatic heterocycles. The lowest BCUT2D eigenvalue weighted by Gasteiger charge is -2.29. The van der Waals surface area contributed by atoms with Crippen LogP contribution in [0.2, 0.25) is 0 Å². The van der Waals surface area contributed by atoms with Crippen molar-refractivity contribution in [2.45, 2.75) is 58.0 Å². The molecule has 2 atom stereocenters. The van der Waals surface area contributed by atoms with E-state index in [0.717, 1.165) is 36.3 Å². The summed E-state index contributed by atoms with van der Waals surface area (Å²) in [5.74, 6) is 0.557. The molecular formula is C29H38FN3O4. The van der Waals surface area contributed by atoms with Crippen molar-refractivity contribution >= 4 is 0 Å². The predicted molar refractivity (Wildman–Crippen MR) is 141 cm³/mol. The summed E-state index contributed by atoms with van der Waals surface area (Å²) in [6.07, 6.45) is 1.44. The van der Waals surface area contributed by atoms with Crippen molar-refractivity contribution < 1.29 is 23.7 Å².